The van der Waals surface area contributed by atoms with Crippen molar-refractivity contribution in [1.82, 2.24) is 0 Å². The molecule has 0 amide bonds. The van der Waals surface area contributed by atoms with Crippen LogP contribution < -0.4 is 5.73 Å². The number of hydrogen-bond donors (Lipinski definition) is 1. The third-order valence-electron chi connectivity index (χ3n) is 3.88. The normalized spacial score (nSPS) is 29.9. The quantitative estimate of drug-likeness (QED) is 0.918. The van der Waals surface area contributed by atoms with Crippen LogP contribution in [-0.4, -0.2) is 24.4 Å². The van der Waals surface area contributed by atoms with Crippen molar-refractivity contribution < 1.29 is 9.47 Å². The Labute approximate surface area is 122 Å². The molecule has 0 aromatic heterocycles. The molecule has 1 saturated heterocycles. The topological polar surface area (TPSA) is 44.5 Å². The first-order valence-electron chi connectivity index (χ1n) is 7.58. The molecule has 4 unspecified atom stereocenters. The maximum Gasteiger partial charge on any atom is 0.0976 e. The predicted molar refractivity (Wildman–Crippen MR) is 81.7 cm³/mol. The number of hydrogen-bond acceptors (Lipinski definition) is 3. The molecular formula is C17H27NO2. The highest BCUT2D eigenvalue weighted by Crippen LogP contribution is 2.29. The van der Waals surface area contributed by atoms with Gasteiger partial charge in [-0.3, -0.25) is 0 Å². The van der Waals surface area contributed by atoms with Gasteiger partial charge >= 0.3 is 0 Å². The van der Waals surface area contributed by atoms with Crippen LogP contribution in [0.5, 0.6) is 0 Å². The van der Waals surface area contributed by atoms with Crippen LogP contribution in [0.15, 0.2) is 24.3 Å². The number of nitrogens with two attached hydrogens (primary N) is 1. The molecule has 0 saturated carbocycles. The Hall–Kier alpha value is -0.900. The molecule has 1 aromatic carbocycles. The zero-order valence-electron chi connectivity index (χ0n) is 13.0. The molecule has 1 fully saturated rings. The minimum Gasteiger partial charge on any atom is -0.375 e. The molecule has 0 aliphatic carbocycles. The van der Waals surface area contributed by atoms with E-state index in [0.717, 1.165) is 18.4 Å². The van der Waals surface area contributed by atoms with Crippen LogP contribution in [0.25, 0.3) is 0 Å². The average Bonchev–Trinajstić information content (AvgIpc) is 2.36. The molecule has 112 valence electrons. The van der Waals surface area contributed by atoms with E-state index in [-0.39, 0.29) is 30.5 Å². The van der Waals surface area contributed by atoms with E-state index in [9.17, 15) is 0 Å². The highest BCUT2D eigenvalue weighted by atomic mass is 16.5. The van der Waals surface area contributed by atoms with Gasteiger partial charge in [-0.25, -0.2) is 0 Å². The summed E-state index contributed by atoms with van der Waals surface area (Å²) in [7, 11) is 0. The minimum absolute atomic E-state index is 0.0221. The van der Waals surface area contributed by atoms with Crippen molar-refractivity contribution >= 4 is 0 Å². The van der Waals surface area contributed by atoms with Crippen LogP contribution >= 0.6 is 0 Å². The molecule has 1 aliphatic heterocycles. The minimum atomic E-state index is -0.0434. The molecule has 0 spiro atoms. The molecule has 1 heterocycles. The zero-order valence-corrected chi connectivity index (χ0v) is 13.0. The molecule has 2 rings (SSSR count). The van der Waals surface area contributed by atoms with Gasteiger partial charge in [0.1, 0.15) is 0 Å². The van der Waals surface area contributed by atoms with Crippen LogP contribution in [0.2, 0.25) is 0 Å². The first-order chi connectivity index (χ1) is 9.45. The summed E-state index contributed by atoms with van der Waals surface area (Å²) in [6.07, 6.45) is 2.59. The smallest absolute Gasteiger partial charge is 0.0976 e. The van der Waals surface area contributed by atoms with Gasteiger partial charge in [0.05, 0.1) is 24.4 Å². The SMILES string of the molecule is Cc1ccc(C(OC2CC(C)OC(C)C2)C(C)N)cc1. The third-order valence-corrected chi connectivity index (χ3v) is 3.88. The van der Waals surface area contributed by atoms with E-state index in [4.69, 9.17) is 15.2 Å². The van der Waals surface area contributed by atoms with Gasteiger partial charge < -0.3 is 15.2 Å². The van der Waals surface area contributed by atoms with Gasteiger partial charge in [-0.2, -0.15) is 0 Å². The predicted octanol–water partition coefficient (Wildman–Crippen LogP) is 3.36. The average molecular weight is 277 g/mol. The highest BCUT2D eigenvalue weighted by Gasteiger charge is 2.29. The first-order valence-corrected chi connectivity index (χ1v) is 7.58. The second-order valence-corrected chi connectivity index (χ2v) is 6.18. The fraction of sp³-hybridized carbons (Fsp3) is 0.647. The third kappa shape index (κ3) is 4.05. The van der Waals surface area contributed by atoms with Crippen molar-refractivity contribution in [2.75, 3.05) is 0 Å². The van der Waals surface area contributed by atoms with Crippen LogP contribution in [0.1, 0.15) is 50.8 Å². The Morgan fingerprint density at radius 3 is 2.20 bits per heavy atom. The first kappa shape index (κ1) is 15.5. The van der Waals surface area contributed by atoms with Crippen molar-refractivity contribution in [3.8, 4) is 0 Å². The molecule has 3 heteroatoms. The molecule has 3 nitrogen and oxygen atoms in total. The van der Waals surface area contributed by atoms with Gasteiger partial charge in [-0.05, 0) is 46.1 Å². The Kier molecular flexibility index (Phi) is 5.19. The lowest BCUT2D eigenvalue weighted by atomic mass is 9.99. The summed E-state index contributed by atoms with van der Waals surface area (Å²) < 4.78 is 12.1. The van der Waals surface area contributed by atoms with E-state index in [2.05, 4.69) is 45.0 Å². The van der Waals surface area contributed by atoms with Gasteiger partial charge in [0.15, 0.2) is 0 Å². The molecule has 1 aliphatic rings. The lowest BCUT2D eigenvalue weighted by Crippen LogP contribution is -2.37. The summed E-state index contributed by atoms with van der Waals surface area (Å²) in [5.41, 5.74) is 8.56. The molecule has 0 bridgehead atoms. The number of ether oxygens (including phenoxy) is 2. The summed E-state index contributed by atoms with van der Waals surface area (Å²) in [6.45, 7) is 8.32. The lowest BCUT2D eigenvalue weighted by Gasteiger charge is -2.35. The van der Waals surface area contributed by atoms with Crippen LogP contribution in [0.3, 0.4) is 0 Å². The fourth-order valence-electron chi connectivity index (χ4n) is 2.92. The van der Waals surface area contributed by atoms with E-state index >= 15 is 0 Å². The maximum absolute atomic E-state index is 6.31. The van der Waals surface area contributed by atoms with Gasteiger partial charge in [0.25, 0.3) is 0 Å². The summed E-state index contributed by atoms with van der Waals surface area (Å²) >= 11 is 0. The van der Waals surface area contributed by atoms with Crippen LogP contribution in [0.4, 0.5) is 0 Å². The van der Waals surface area contributed by atoms with E-state index in [0.29, 0.717) is 0 Å². The zero-order chi connectivity index (χ0) is 14.7. The lowest BCUT2D eigenvalue weighted by molar-refractivity contribution is -0.126. The van der Waals surface area contributed by atoms with Crippen molar-refractivity contribution in [3.05, 3.63) is 35.4 Å². The van der Waals surface area contributed by atoms with Gasteiger partial charge in [0, 0.05) is 6.04 Å². The van der Waals surface area contributed by atoms with Crippen molar-refractivity contribution in [1.29, 1.82) is 0 Å². The Bertz CT molecular complexity index is 406. The molecule has 20 heavy (non-hydrogen) atoms. The summed E-state index contributed by atoms with van der Waals surface area (Å²) in [6, 6.07) is 8.45. The van der Waals surface area contributed by atoms with Gasteiger partial charge in [-0.15, -0.1) is 0 Å². The molecular weight excluding hydrogens is 250 g/mol. The van der Waals surface area contributed by atoms with Crippen molar-refractivity contribution in [2.45, 2.75) is 71.0 Å². The van der Waals surface area contributed by atoms with E-state index in [1.165, 1.54) is 5.56 Å². The Morgan fingerprint density at radius 2 is 1.70 bits per heavy atom. The van der Waals surface area contributed by atoms with Gasteiger partial charge in [0.2, 0.25) is 0 Å². The number of benzene rings is 1. The number of aryl methyl sites for hydroxylation is 1. The van der Waals surface area contributed by atoms with Crippen LogP contribution in [0, 0.1) is 6.92 Å². The van der Waals surface area contributed by atoms with Crippen molar-refractivity contribution in [2.24, 2.45) is 5.73 Å². The largest absolute Gasteiger partial charge is 0.375 e. The maximum atomic E-state index is 6.31. The van der Waals surface area contributed by atoms with Crippen LogP contribution in [-0.2, 0) is 9.47 Å². The highest BCUT2D eigenvalue weighted by molar-refractivity contribution is 5.24. The summed E-state index contributed by atoms with van der Waals surface area (Å²) in [4.78, 5) is 0. The monoisotopic (exact) mass is 277 g/mol. The summed E-state index contributed by atoms with van der Waals surface area (Å²) in [5, 5.41) is 0. The molecule has 4 atom stereocenters. The Balaban J connectivity index is 2.07. The van der Waals surface area contributed by atoms with E-state index in [1.54, 1.807) is 0 Å². The molecule has 1 aromatic rings. The second kappa shape index (κ2) is 6.70. The second-order valence-electron chi connectivity index (χ2n) is 6.18. The molecule has 0 radical (unpaired) electrons. The standard InChI is InChI=1S/C17H27NO2/c1-11-5-7-15(8-6-11)17(14(4)18)20-16-9-12(2)19-13(3)10-16/h5-8,12-14,16-17H,9-10,18H2,1-4H3. The van der Waals surface area contributed by atoms with Gasteiger partial charge in [-0.1, -0.05) is 29.8 Å². The van der Waals surface area contributed by atoms with E-state index < -0.39 is 0 Å². The number of rotatable bonds is 4. The van der Waals surface area contributed by atoms with Crippen molar-refractivity contribution in [3.63, 3.8) is 0 Å². The fourth-order valence-corrected chi connectivity index (χ4v) is 2.92. The Morgan fingerprint density at radius 1 is 1.15 bits per heavy atom. The van der Waals surface area contributed by atoms with E-state index in [1.807, 2.05) is 6.92 Å². The summed E-state index contributed by atoms with van der Waals surface area (Å²) in [5.74, 6) is 0. The molecule has 2 N–H and O–H groups in total.